The Kier molecular flexibility index (Phi) is 4.18. The highest BCUT2D eigenvalue weighted by atomic mass is 32.1. The van der Waals surface area contributed by atoms with Crippen molar-refractivity contribution < 1.29 is 14.7 Å². The molecule has 1 heterocycles. The number of amides is 1. The Morgan fingerprint density at radius 3 is 2.75 bits per heavy atom. The summed E-state index contributed by atoms with van der Waals surface area (Å²) >= 11 is 1.68. The molecule has 0 saturated heterocycles. The van der Waals surface area contributed by atoms with Gasteiger partial charge in [-0.05, 0) is 41.7 Å². The minimum absolute atomic E-state index is 0.160. The van der Waals surface area contributed by atoms with Crippen molar-refractivity contribution in [1.29, 1.82) is 0 Å². The van der Waals surface area contributed by atoms with E-state index in [0.29, 0.717) is 0 Å². The summed E-state index contributed by atoms with van der Waals surface area (Å²) in [6.45, 7) is 5.47. The maximum atomic E-state index is 12.5. The van der Waals surface area contributed by atoms with Gasteiger partial charge < -0.3 is 10.4 Å². The number of carbonyl (C=O) groups excluding carboxylic acids is 1. The monoisotopic (exact) mass is 295 g/mol. The average molecular weight is 295 g/mol. The van der Waals surface area contributed by atoms with Crippen LogP contribution in [0.25, 0.3) is 0 Å². The molecule has 2 N–H and O–H groups in total. The van der Waals surface area contributed by atoms with Crippen LogP contribution in [0.4, 0.5) is 0 Å². The van der Waals surface area contributed by atoms with Crippen molar-refractivity contribution in [3.05, 3.63) is 21.9 Å². The Hall–Kier alpha value is -1.36. The lowest BCUT2D eigenvalue weighted by molar-refractivity contribution is -0.145. The number of thiophene rings is 1. The second-order valence-electron chi connectivity index (χ2n) is 6.39. The minimum Gasteiger partial charge on any atom is -0.480 e. The van der Waals surface area contributed by atoms with E-state index in [1.165, 1.54) is 4.88 Å². The zero-order valence-corrected chi connectivity index (χ0v) is 12.9. The predicted molar refractivity (Wildman–Crippen MR) is 79.0 cm³/mol. The summed E-state index contributed by atoms with van der Waals surface area (Å²) in [5.74, 6) is -1.34. The lowest BCUT2D eigenvalue weighted by atomic mass is 9.84. The number of nitrogens with one attached hydrogen (secondary N) is 1. The third kappa shape index (κ3) is 3.03. The summed E-state index contributed by atoms with van der Waals surface area (Å²) < 4.78 is 0. The van der Waals surface area contributed by atoms with Crippen molar-refractivity contribution in [2.24, 2.45) is 5.41 Å². The normalized spacial score (nSPS) is 20.1. The molecule has 4 nitrogen and oxygen atoms in total. The molecule has 2 atom stereocenters. The smallest absolute Gasteiger partial charge is 0.326 e. The highest BCUT2D eigenvalue weighted by molar-refractivity contribution is 7.10. The number of carbonyl (C=O) groups is 2. The van der Waals surface area contributed by atoms with E-state index in [2.05, 4.69) is 5.32 Å². The van der Waals surface area contributed by atoms with E-state index in [9.17, 15) is 14.7 Å². The first-order valence-electron chi connectivity index (χ1n) is 6.90. The van der Waals surface area contributed by atoms with Gasteiger partial charge in [0.2, 0.25) is 5.91 Å². The molecule has 0 aliphatic heterocycles. The van der Waals surface area contributed by atoms with Crippen molar-refractivity contribution in [1.82, 2.24) is 5.32 Å². The maximum Gasteiger partial charge on any atom is 0.326 e. The van der Waals surface area contributed by atoms with Gasteiger partial charge in [0.1, 0.15) is 6.04 Å². The largest absolute Gasteiger partial charge is 0.480 e. The molecule has 2 rings (SSSR count). The van der Waals surface area contributed by atoms with Crippen molar-refractivity contribution in [3.63, 3.8) is 0 Å². The Labute approximate surface area is 123 Å². The highest BCUT2D eigenvalue weighted by Crippen LogP contribution is 2.35. The van der Waals surface area contributed by atoms with Crippen LogP contribution in [0.2, 0.25) is 0 Å². The van der Waals surface area contributed by atoms with Crippen LogP contribution in [-0.2, 0) is 16.0 Å². The molecule has 1 aliphatic carbocycles. The predicted octanol–water partition coefficient (Wildman–Crippen LogP) is 2.78. The quantitative estimate of drug-likeness (QED) is 0.901. The number of carboxylic acids is 1. The van der Waals surface area contributed by atoms with E-state index in [-0.39, 0.29) is 11.8 Å². The fraction of sp³-hybridized carbons (Fsp3) is 0.600. The number of hydrogen-bond acceptors (Lipinski definition) is 3. The van der Waals surface area contributed by atoms with E-state index in [1.807, 2.05) is 32.2 Å². The van der Waals surface area contributed by atoms with Gasteiger partial charge in [0.25, 0.3) is 0 Å². The Morgan fingerprint density at radius 2 is 2.15 bits per heavy atom. The molecule has 0 spiro atoms. The summed E-state index contributed by atoms with van der Waals surface area (Å²) in [6.07, 6.45) is 2.81. The maximum absolute atomic E-state index is 12.5. The zero-order valence-electron chi connectivity index (χ0n) is 12.1. The molecule has 20 heavy (non-hydrogen) atoms. The van der Waals surface area contributed by atoms with Crippen molar-refractivity contribution in [2.75, 3.05) is 0 Å². The van der Waals surface area contributed by atoms with Gasteiger partial charge >= 0.3 is 5.97 Å². The SMILES string of the molecule is CC(C)(C)[C@@H](NC(=O)C1CCCc2sccc21)C(=O)O. The van der Waals surface area contributed by atoms with Gasteiger partial charge in [-0.3, -0.25) is 4.79 Å². The van der Waals surface area contributed by atoms with Crippen molar-refractivity contribution in [3.8, 4) is 0 Å². The summed E-state index contributed by atoms with van der Waals surface area (Å²) in [6, 6.07) is 1.13. The van der Waals surface area contributed by atoms with Crippen molar-refractivity contribution >= 4 is 23.2 Å². The van der Waals surface area contributed by atoms with E-state index in [0.717, 1.165) is 24.8 Å². The van der Waals surface area contributed by atoms with Gasteiger partial charge in [0.15, 0.2) is 0 Å². The lowest BCUT2D eigenvalue weighted by Gasteiger charge is -2.30. The van der Waals surface area contributed by atoms with E-state index < -0.39 is 17.4 Å². The Morgan fingerprint density at radius 1 is 1.45 bits per heavy atom. The van der Waals surface area contributed by atoms with Crippen LogP contribution >= 0.6 is 11.3 Å². The van der Waals surface area contributed by atoms with E-state index in [4.69, 9.17) is 0 Å². The number of carboxylic acid groups (broad SMARTS) is 1. The Balaban J connectivity index is 2.15. The topological polar surface area (TPSA) is 66.4 Å². The molecule has 0 bridgehead atoms. The van der Waals surface area contributed by atoms with Gasteiger partial charge in [-0.15, -0.1) is 11.3 Å². The fourth-order valence-electron chi connectivity index (χ4n) is 2.65. The van der Waals surface area contributed by atoms with Gasteiger partial charge in [0.05, 0.1) is 5.92 Å². The number of rotatable bonds is 3. The van der Waals surface area contributed by atoms with Crippen LogP contribution in [0, 0.1) is 5.41 Å². The molecule has 5 heteroatoms. The number of aryl methyl sites for hydroxylation is 1. The van der Waals surface area contributed by atoms with E-state index in [1.54, 1.807) is 11.3 Å². The van der Waals surface area contributed by atoms with E-state index >= 15 is 0 Å². The third-order valence-corrected chi connectivity index (χ3v) is 4.76. The molecule has 1 unspecified atom stereocenters. The second-order valence-corrected chi connectivity index (χ2v) is 7.39. The molecule has 1 aromatic rings. The van der Waals surface area contributed by atoms with Crippen LogP contribution in [0.1, 0.15) is 50.0 Å². The Bertz CT molecular complexity index is 515. The minimum atomic E-state index is -0.979. The highest BCUT2D eigenvalue weighted by Gasteiger charge is 2.35. The van der Waals surface area contributed by atoms with Gasteiger partial charge in [0, 0.05) is 4.88 Å². The van der Waals surface area contributed by atoms with Crippen LogP contribution < -0.4 is 5.32 Å². The molecule has 1 amide bonds. The molecule has 0 fully saturated rings. The molecule has 0 aromatic carbocycles. The lowest BCUT2D eigenvalue weighted by Crippen LogP contribution is -2.50. The summed E-state index contributed by atoms with van der Waals surface area (Å²) in [4.78, 5) is 25.1. The van der Waals surface area contributed by atoms with Gasteiger partial charge in [-0.2, -0.15) is 0 Å². The summed E-state index contributed by atoms with van der Waals surface area (Å²) in [5.41, 5.74) is 0.574. The number of hydrogen-bond donors (Lipinski definition) is 2. The number of aliphatic carboxylic acids is 1. The molecule has 1 aromatic heterocycles. The van der Waals surface area contributed by atoms with Crippen molar-refractivity contribution in [2.45, 2.75) is 52.0 Å². The van der Waals surface area contributed by atoms with Crippen LogP contribution in [-0.4, -0.2) is 23.0 Å². The molecule has 1 aliphatic rings. The molecular formula is C15H21NO3S. The van der Waals surface area contributed by atoms with Crippen LogP contribution in [0.5, 0.6) is 0 Å². The number of fused-ring (bicyclic) bond motifs is 1. The first kappa shape index (κ1) is 15.0. The van der Waals surface area contributed by atoms with Crippen LogP contribution in [0.15, 0.2) is 11.4 Å². The van der Waals surface area contributed by atoms with Crippen LogP contribution in [0.3, 0.4) is 0 Å². The first-order chi connectivity index (χ1) is 9.30. The standard InChI is InChI=1S/C15H21NO3S/c1-15(2,3)12(14(18)19)16-13(17)10-5-4-6-11-9(10)7-8-20-11/h7-8,10,12H,4-6H2,1-3H3,(H,16,17)(H,18,19)/t10?,12-/m0/s1. The summed E-state index contributed by atoms with van der Waals surface area (Å²) in [5, 5.41) is 14.0. The molecule has 0 saturated carbocycles. The summed E-state index contributed by atoms with van der Waals surface area (Å²) in [7, 11) is 0. The average Bonchev–Trinajstić information content (AvgIpc) is 2.81. The van der Waals surface area contributed by atoms with Gasteiger partial charge in [-0.25, -0.2) is 4.79 Å². The van der Waals surface area contributed by atoms with Gasteiger partial charge in [-0.1, -0.05) is 20.8 Å². The molecule has 110 valence electrons. The molecular weight excluding hydrogens is 274 g/mol. The molecule has 0 radical (unpaired) electrons. The third-order valence-electron chi connectivity index (χ3n) is 3.77. The second kappa shape index (κ2) is 5.56. The zero-order chi connectivity index (χ0) is 14.9. The first-order valence-corrected chi connectivity index (χ1v) is 7.78. The fourth-order valence-corrected chi connectivity index (χ4v) is 3.64.